The Morgan fingerprint density at radius 2 is 2.23 bits per heavy atom. The second-order valence-corrected chi connectivity index (χ2v) is 3.91. The van der Waals surface area contributed by atoms with Crippen molar-refractivity contribution in [1.29, 1.82) is 0 Å². The molecule has 0 radical (unpaired) electrons. The number of aromatic amines is 1. The van der Waals surface area contributed by atoms with Gasteiger partial charge in [0.1, 0.15) is 0 Å². The second kappa shape index (κ2) is 2.13. The Labute approximate surface area is 75.0 Å². The van der Waals surface area contributed by atoms with Gasteiger partial charge >= 0.3 is 5.97 Å². The molecule has 2 N–H and O–H groups in total. The van der Waals surface area contributed by atoms with Crippen molar-refractivity contribution in [1.82, 2.24) is 10.2 Å². The first-order valence-corrected chi connectivity index (χ1v) is 4.59. The maximum absolute atomic E-state index is 10.8. The van der Waals surface area contributed by atoms with Gasteiger partial charge in [-0.2, -0.15) is 5.10 Å². The van der Waals surface area contributed by atoms with Crippen LogP contribution < -0.4 is 0 Å². The number of aromatic carboxylic acids is 1. The van der Waals surface area contributed by atoms with Gasteiger partial charge in [-0.3, -0.25) is 5.10 Å². The second-order valence-electron chi connectivity index (χ2n) is 3.91. The smallest absolute Gasteiger partial charge is 0.356 e. The van der Waals surface area contributed by atoms with Gasteiger partial charge in [0.2, 0.25) is 0 Å². The summed E-state index contributed by atoms with van der Waals surface area (Å²) in [6.45, 7) is 0. The van der Waals surface area contributed by atoms with Crippen molar-refractivity contribution in [2.24, 2.45) is 0 Å². The van der Waals surface area contributed by atoms with Crippen LogP contribution in [0.5, 0.6) is 0 Å². The van der Waals surface area contributed by atoms with Crippen molar-refractivity contribution < 1.29 is 9.90 Å². The van der Waals surface area contributed by atoms with E-state index in [0.717, 1.165) is 24.1 Å². The van der Waals surface area contributed by atoms with Crippen molar-refractivity contribution in [2.45, 2.75) is 31.1 Å². The molecule has 2 aliphatic rings. The van der Waals surface area contributed by atoms with Crippen molar-refractivity contribution in [3.8, 4) is 0 Å². The number of carboxylic acid groups (broad SMARTS) is 1. The Bertz CT molecular complexity index is 383. The number of nitrogens with one attached hydrogen (secondary N) is 1. The Morgan fingerprint density at radius 3 is 3.00 bits per heavy atom. The number of hydrogen-bond donors (Lipinski definition) is 2. The SMILES string of the molecule is O=C(O)c1n[nH]c2c1C1CCC2C1. The maximum atomic E-state index is 10.8. The van der Waals surface area contributed by atoms with Crippen molar-refractivity contribution >= 4 is 5.97 Å². The Kier molecular flexibility index (Phi) is 1.17. The fraction of sp³-hybridized carbons (Fsp3) is 0.556. The third kappa shape index (κ3) is 0.753. The number of aromatic nitrogens is 2. The molecule has 1 heterocycles. The van der Waals surface area contributed by atoms with Crippen LogP contribution in [-0.4, -0.2) is 21.3 Å². The fourth-order valence-corrected chi connectivity index (χ4v) is 2.76. The molecule has 2 atom stereocenters. The van der Waals surface area contributed by atoms with Gasteiger partial charge in [0, 0.05) is 17.2 Å². The molecule has 1 aromatic heterocycles. The first-order chi connectivity index (χ1) is 6.27. The van der Waals surface area contributed by atoms with Crippen LogP contribution in [0.3, 0.4) is 0 Å². The minimum atomic E-state index is -0.898. The lowest BCUT2D eigenvalue weighted by Crippen LogP contribution is -2.04. The van der Waals surface area contributed by atoms with Gasteiger partial charge in [0.25, 0.3) is 0 Å². The molecule has 0 aromatic carbocycles. The molecule has 0 amide bonds. The highest BCUT2D eigenvalue weighted by molar-refractivity contribution is 5.88. The molecule has 4 nitrogen and oxygen atoms in total. The van der Waals surface area contributed by atoms with Crippen LogP contribution in [0.4, 0.5) is 0 Å². The van der Waals surface area contributed by atoms with Gasteiger partial charge in [0.15, 0.2) is 5.69 Å². The van der Waals surface area contributed by atoms with Gasteiger partial charge in [-0.25, -0.2) is 4.79 Å². The highest BCUT2D eigenvalue weighted by atomic mass is 16.4. The van der Waals surface area contributed by atoms with Crippen LogP contribution in [0.15, 0.2) is 0 Å². The van der Waals surface area contributed by atoms with E-state index in [4.69, 9.17) is 5.11 Å². The van der Waals surface area contributed by atoms with E-state index >= 15 is 0 Å². The zero-order chi connectivity index (χ0) is 9.00. The van der Waals surface area contributed by atoms with Gasteiger partial charge in [-0.1, -0.05) is 0 Å². The van der Waals surface area contributed by atoms with Crippen LogP contribution in [-0.2, 0) is 0 Å². The van der Waals surface area contributed by atoms with E-state index < -0.39 is 5.97 Å². The lowest BCUT2D eigenvalue weighted by molar-refractivity contribution is 0.0688. The molecular weight excluding hydrogens is 168 g/mol. The summed E-state index contributed by atoms with van der Waals surface area (Å²) in [5, 5.41) is 15.6. The van der Waals surface area contributed by atoms with Crippen LogP contribution in [0, 0.1) is 0 Å². The highest BCUT2D eigenvalue weighted by Crippen LogP contribution is 2.53. The largest absolute Gasteiger partial charge is 0.476 e. The van der Waals surface area contributed by atoms with Gasteiger partial charge in [-0.05, 0) is 25.2 Å². The molecule has 3 rings (SSSR count). The number of carboxylic acids is 1. The highest BCUT2D eigenvalue weighted by Gasteiger charge is 2.41. The Balaban J connectivity index is 2.18. The molecular formula is C9H10N2O2. The molecule has 0 aliphatic heterocycles. The van der Waals surface area contributed by atoms with Gasteiger partial charge in [-0.15, -0.1) is 0 Å². The zero-order valence-corrected chi connectivity index (χ0v) is 7.08. The molecule has 68 valence electrons. The van der Waals surface area contributed by atoms with Crippen molar-refractivity contribution in [2.75, 3.05) is 0 Å². The van der Waals surface area contributed by atoms with Crippen LogP contribution in [0.2, 0.25) is 0 Å². The van der Waals surface area contributed by atoms with E-state index in [2.05, 4.69) is 10.2 Å². The number of fused-ring (bicyclic) bond motifs is 5. The Morgan fingerprint density at radius 1 is 1.46 bits per heavy atom. The molecule has 2 bridgehead atoms. The monoisotopic (exact) mass is 178 g/mol. The maximum Gasteiger partial charge on any atom is 0.356 e. The van der Waals surface area contributed by atoms with Crippen LogP contribution >= 0.6 is 0 Å². The zero-order valence-electron chi connectivity index (χ0n) is 7.08. The third-order valence-electron chi connectivity index (χ3n) is 3.29. The average molecular weight is 178 g/mol. The summed E-state index contributed by atoms with van der Waals surface area (Å²) in [6.07, 6.45) is 3.46. The summed E-state index contributed by atoms with van der Waals surface area (Å²) in [7, 11) is 0. The first kappa shape index (κ1) is 7.12. The summed E-state index contributed by atoms with van der Waals surface area (Å²) in [6, 6.07) is 0. The summed E-state index contributed by atoms with van der Waals surface area (Å²) >= 11 is 0. The fourth-order valence-electron chi connectivity index (χ4n) is 2.76. The molecule has 0 spiro atoms. The van der Waals surface area contributed by atoms with E-state index in [1.54, 1.807) is 0 Å². The number of rotatable bonds is 1. The number of nitrogens with zero attached hydrogens (tertiary/aromatic N) is 1. The summed E-state index contributed by atoms with van der Waals surface area (Å²) in [5.74, 6) is 0.121. The molecule has 2 unspecified atom stereocenters. The van der Waals surface area contributed by atoms with E-state index in [0.29, 0.717) is 11.8 Å². The molecule has 4 heteroatoms. The molecule has 13 heavy (non-hydrogen) atoms. The number of carbonyl (C=O) groups is 1. The summed E-state index contributed by atoms with van der Waals surface area (Å²) in [5.41, 5.74) is 2.33. The predicted molar refractivity (Wildman–Crippen MR) is 44.9 cm³/mol. The number of hydrogen-bond acceptors (Lipinski definition) is 2. The standard InChI is InChI=1S/C9H10N2O2/c12-9(13)8-6-4-1-2-5(3-4)7(6)10-11-8/h4-5H,1-3H2,(H,10,11)(H,12,13). The van der Waals surface area contributed by atoms with E-state index in [9.17, 15) is 4.79 Å². The van der Waals surface area contributed by atoms with E-state index in [1.807, 2.05) is 0 Å². The summed E-state index contributed by atoms with van der Waals surface area (Å²) in [4.78, 5) is 10.8. The topological polar surface area (TPSA) is 66.0 Å². The molecule has 2 aliphatic carbocycles. The van der Waals surface area contributed by atoms with E-state index in [1.165, 1.54) is 6.42 Å². The quantitative estimate of drug-likeness (QED) is 0.684. The summed E-state index contributed by atoms with van der Waals surface area (Å²) < 4.78 is 0. The molecule has 1 saturated carbocycles. The van der Waals surface area contributed by atoms with Crippen molar-refractivity contribution in [3.05, 3.63) is 17.0 Å². The predicted octanol–water partition coefficient (Wildman–Crippen LogP) is 1.47. The minimum Gasteiger partial charge on any atom is -0.476 e. The van der Waals surface area contributed by atoms with Gasteiger partial charge in [0.05, 0.1) is 0 Å². The lowest BCUT2D eigenvalue weighted by atomic mass is 9.96. The van der Waals surface area contributed by atoms with Gasteiger partial charge < -0.3 is 5.11 Å². The van der Waals surface area contributed by atoms with Crippen LogP contribution in [0.25, 0.3) is 0 Å². The molecule has 0 saturated heterocycles. The minimum absolute atomic E-state index is 0.252. The molecule has 1 aromatic rings. The van der Waals surface area contributed by atoms with E-state index in [-0.39, 0.29) is 5.69 Å². The van der Waals surface area contributed by atoms with Crippen molar-refractivity contribution in [3.63, 3.8) is 0 Å². The average Bonchev–Trinajstić information content (AvgIpc) is 2.76. The Hall–Kier alpha value is -1.32. The number of H-pyrrole nitrogens is 1. The first-order valence-electron chi connectivity index (χ1n) is 4.59. The normalized spacial score (nSPS) is 29.2. The lowest BCUT2D eigenvalue weighted by Gasteiger charge is -2.08. The third-order valence-corrected chi connectivity index (χ3v) is 3.29. The van der Waals surface area contributed by atoms with Crippen LogP contribution in [0.1, 0.15) is 52.8 Å². The molecule has 1 fully saturated rings.